The standard InChI is InChI=1S/C24H26FN5O3/c1-33-21-9-5-4-8-20(21)27-24(32)28-22-10-13-26-30(22)18-11-14-29(15-12-18)23(31)16-17-6-2-3-7-19(17)25/h2-10,13,18H,11-12,14-16H2,1H3,(H2,27,28,32). The first-order valence-corrected chi connectivity index (χ1v) is 10.8. The van der Waals surface area contributed by atoms with Crippen molar-refractivity contribution in [3.05, 3.63) is 72.2 Å². The van der Waals surface area contributed by atoms with E-state index in [-0.39, 0.29) is 24.2 Å². The Balaban J connectivity index is 1.33. The number of urea groups is 1. The monoisotopic (exact) mass is 451 g/mol. The molecule has 3 amide bonds. The van der Waals surface area contributed by atoms with Gasteiger partial charge in [0.25, 0.3) is 0 Å². The van der Waals surface area contributed by atoms with Crippen LogP contribution >= 0.6 is 0 Å². The van der Waals surface area contributed by atoms with E-state index < -0.39 is 6.03 Å². The molecule has 0 unspecified atom stereocenters. The molecule has 1 aliphatic rings. The van der Waals surface area contributed by atoms with Gasteiger partial charge < -0.3 is 15.0 Å². The highest BCUT2D eigenvalue weighted by Crippen LogP contribution is 2.27. The Bertz CT molecular complexity index is 1120. The summed E-state index contributed by atoms with van der Waals surface area (Å²) in [5.41, 5.74) is 0.967. The van der Waals surface area contributed by atoms with Gasteiger partial charge in [-0.25, -0.2) is 13.9 Å². The van der Waals surface area contributed by atoms with Crippen molar-refractivity contribution in [2.75, 3.05) is 30.8 Å². The van der Waals surface area contributed by atoms with E-state index in [2.05, 4.69) is 15.7 Å². The predicted molar refractivity (Wildman–Crippen MR) is 123 cm³/mol. The Morgan fingerprint density at radius 1 is 1.06 bits per heavy atom. The summed E-state index contributed by atoms with van der Waals surface area (Å²) in [6.07, 6.45) is 3.06. The average Bonchev–Trinajstić information content (AvgIpc) is 3.29. The lowest BCUT2D eigenvalue weighted by Gasteiger charge is -2.33. The molecule has 1 saturated heterocycles. The Kier molecular flexibility index (Phi) is 6.87. The second kappa shape index (κ2) is 10.2. The number of halogens is 1. The number of ether oxygens (including phenoxy) is 1. The number of carbonyl (C=O) groups is 2. The zero-order valence-electron chi connectivity index (χ0n) is 18.3. The zero-order valence-corrected chi connectivity index (χ0v) is 18.3. The van der Waals surface area contributed by atoms with E-state index in [9.17, 15) is 14.0 Å². The first-order valence-electron chi connectivity index (χ1n) is 10.8. The number of carbonyl (C=O) groups excluding carboxylic acids is 2. The topological polar surface area (TPSA) is 88.5 Å². The number of anilines is 2. The number of rotatable bonds is 6. The number of amides is 3. The smallest absolute Gasteiger partial charge is 0.324 e. The minimum atomic E-state index is -0.404. The van der Waals surface area contributed by atoms with Crippen molar-refractivity contribution in [1.82, 2.24) is 14.7 Å². The van der Waals surface area contributed by atoms with Gasteiger partial charge in [-0.15, -0.1) is 0 Å². The summed E-state index contributed by atoms with van der Waals surface area (Å²) in [6, 6.07) is 14.9. The Morgan fingerprint density at radius 2 is 1.79 bits per heavy atom. The number of likely N-dealkylation sites (tertiary alicyclic amines) is 1. The van der Waals surface area contributed by atoms with E-state index >= 15 is 0 Å². The summed E-state index contributed by atoms with van der Waals surface area (Å²) in [5.74, 6) is 0.681. The maximum absolute atomic E-state index is 13.9. The molecule has 3 aromatic rings. The number of hydrogen-bond donors (Lipinski definition) is 2. The quantitative estimate of drug-likeness (QED) is 0.591. The SMILES string of the molecule is COc1ccccc1NC(=O)Nc1ccnn1C1CCN(C(=O)Cc2ccccc2F)CC1. The van der Waals surface area contributed by atoms with E-state index in [4.69, 9.17) is 4.74 Å². The number of aromatic nitrogens is 2. The Morgan fingerprint density at radius 3 is 2.55 bits per heavy atom. The van der Waals surface area contributed by atoms with Crippen molar-refractivity contribution >= 4 is 23.4 Å². The molecule has 1 fully saturated rings. The molecule has 0 aliphatic carbocycles. The molecule has 0 atom stereocenters. The van der Waals surface area contributed by atoms with Crippen molar-refractivity contribution in [3.8, 4) is 5.75 Å². The highest BCUT2D eigenvalue weighted by Gasteiger charge is 2.26. The molecule has 8 nitrogen and oxygen atoms in total. The van der Waals surface area contributed by atoms with Crippen LogP contribution in [0.1, 0.15) is 24.4 Å². The molecule has 1 aliphatic heterocycles. The van der Waals surface area contributed by atoms with E-state index in [0.717, 1.165) is 0 Å². The number of benzene rings is 2. The summed E-state index contributed by atoms with van der Waals surface area (Å²) in [6.45, 7) is 1.09. The minimum Gasteiger partial charge on any atom is -0.495 e. The molecule has 4 rings (SSSR count). The van der Waals surface area contributed by atoms with Crippen molar-refractivity contribution in [2.45, 2.75) is 25.3 Å². The number of nitrogens with zero attached hydrogens (tertiary/aromatic N) is 3. The number of methoxy groups -OCH3 is 1. The number of piperidine rings is 1. The lowest BCUT2D eigenvalue weighted by molar-refractivity contribution is -0.131. The van der Waals surface area contributed by atoms with Gasteiger partial charge in [-0.1, -0.05) is 30.3 Å². The molecule has 172 valence electrons. The van der Waals surface area contributed by atoms with Crippen LogP contribution < -0.4 is 15.4 Å². The summed E-state index contributed by atoms with van der Waals surface area (Å²) in [4.78, 5) is 26.9. The van der Waals surface area contributed by atoms with Crippen molar-refractivity contribution in [3.63, 3.8) is 0 Å². The van der Waals surface area contributed by atoms with Gasteiger partial charge in [-0.2, -0.15) is 5.10 Å². The number of para-hydroxylation sites is 2. The molecule has 1 aromatic heterocycles. The highest BCUT2D eigenvalue weighted by molar-refractivity contribution is 6.00. The van der Waals surface area contributed by atoms with E-state index in [0.29, 0.717) is 48.7 Å². The summed E-state index contributed by atoms with van der Waals surface area (Å²) in [7, 11) is 1.54. The fourth-order valence-corrected chi connectivity index (χ4v) is 4.00. The van der Waals surface area contributed by atoms with Gasteiger partial charge in [0.1, 0.15) is 17.4 Å². The van der Waals surface area contributed by atoms with Crippen molar-refractivity contribution < 1.29 is 18.7 Å². The van der Waals surface area contributed by atoms with Gasteiger partial charge in [0, 0.05) is 19.2 Å². The van der Waals surface area contributed by atoms with E-state index in [1.807, 2.05) is 12.1 Å². The van der Waals surface area contributed by atoms with Gasteiger partial charge in [0.05, 0.1) is 31.5 Å². The molecular formula is C24H26FN5O3. The van der Waals surface area contributed by atoms with Crippen LogP contribution in [0, 0.1) is 5.82 Å². The maximum atomic E-state index is 13.9. The summed E-state index contributed by atoms with van der Waals surface area (Å²) in [5, 5.41) is 9.99. The first kappa shape index (κ1) is 22.3. The highest BCUT2D eigenvalue weighted by atomic mass is 19.1. The maximum Gasteiger partial charge on any atom is 0.324 e. The van der Waals surface area contributed by atoms with Crippen LogP contribution in [0.15, 0.2) is 60.8 Å². The molecule has 0 radical (unpaired) electrons. The molecule has 0 bridgehead atoms. The van der Waals surface area contributed by atoms with E-state index in [1.165, 1.54) is 6.07 Å². The summed E-state index contributed by atoms with van der Waals surface area (Å²) < 4.78 is 20.9. The minimum absolute atomic E-state index is 0.0408. The average molecular weight is 452 g/mol. The van der Waals surface area contributed by atoms with Crippen LogP contribution in [-0.2, 0) is 11.2 Å². The Labute approximate surface area is 191 Å². The third-order valence-corrected chi connectivity index (χ3v) is 5.73. The van der Waals surface area contributed by atoms with Crippen LogP contribution in [0.3, 0.4) is 0 Å². The molecule has 33 heavy (non-hydrogen) atoms. The summed E-state index contributed by atoms with van der Waals surface area (Å²) >= 11 is 0. The van der Waals surface area contributed by atoms with Gasteiger partial charge in [-0.05, 0) is 36.6 Å². The van der Waals surface area contributed by atoms with Gasteiger partial charge in [0.15, 0.2) is 0 Å². The lowest BCUT2D eigenvalue weighted by Crippen LogP contribution is -2.40. The number of nitrogens with one attached hydrogen (secondary N) is 2. The van der Waals surface area contributed by atoms with Gasteiger partial charge in [-0.3, -0.25) is 10.1 Å². The molecule has 9 heteroatoms. The van der Waals surface area contributed by atoms with Gasteiger partial charge >= 0.3 is 6.03 Å². The third-order valence-electron chi connectivity index (χ3n) is 5.73. The fourth-order valence-electron chi connectivity index (χ4n) is 4.00. The molecule has 2 N–H and O–H groups in total. The van der Waals surface area contributed by atoms with Crippen LogP contribution in [0.2, 0.25) is 0 Å². The van der Waals surface area contributed by atoms with E-state index in [1.54, 1.807) is 59.3 Å². The largest absolute Gasteiger partial charge is 0.495 e. The van der Waals surface area contributed by atoms with Crippen molar-refractivity contribution in [2.24, 2.45) is 0 Å². The first-order chi connectivity index (χ1) is 16.0. The molecule has 0 spiro atoms. The molecule has 2 heterocycles. The zero-order chi connectivity index (χ0) is 23.2. The van der Waals surface area contributed by atoms with Gasteiger partial charge in [0.2, 0.25) is 5.91 Å². The molecule has 0 saturated carbocycles. The second-order valence-corrected chi connectivity index (χ2v) is 7.82. The van der Waals surface area contributed by atoms with Crippen LogP contribution in [-0.4, -0.2) is 46.8 Å². The lowest BCUT2D eigenvalue weighted by atomic mass is 10.0. The fraction of sp³-hybridized carbons (Fsp3) is 0.292. The van der Waals surface area contributed by atoms with Crippen LogP contribution in [0.25, 0.3) is 0 Å². The van der Waals surface area contributed by atoms with Crippen LogP contribution in [0.5, 0.6) is 5.75 Å². The third kappa shape index (κ3) is 5.31. The number of hydrogen-bond acceptors (Lipinski definition) is 4. The van der Waals surface area contributed by atoms with Crippen LogP contribution in [0.4, 0.5) is 20.7 Å². The van der Waals surface area contributed by atoms with Crippen molar-refractivity contribution in [1.29, 1.82) is 0 Å². The predicted octanol–water partition coefficient (Wildman–Crippen LogP) is 4.08. The second-order valence-electron chi connectivity index (χ2n) is 7.82. The molecule has 2 aromatic carbocycles. The normalized spacial score (nSPS) is 14.1. The molecular weight excluding hydrogens is 425 g/mol. The Hall–Kier alpha value is -3.88.